The largest absolute Gasteiger partial charge is 0.494 e. The standard InChI is InChI=1S/C34H51N3O7/c1-38-16-3-11-37-15-22-42-31-10-5-27(23-30(31)37)26-44-33-25-35-24-32(43-21-14-36-12-19-40-20-13-36)34(33)28-6-8-29(9-7-28)41-18-4-17-39-2/h5-10,23,32-35H,3-4,11-22,24-26H2,1-2H3/t32-,33+,34?/m1/s1. The van der Waals surface area contributed by atoms with Crippen molar-refractivity contribution in [3.63, 3.8) is 0 Å². The zero-order valence-corrected chi connectivity index (χ0v) is 26.5. The molecule has 0 spiro atoms. The Morgan fingerprint density at radius 2 is 1.57 bits per heavy atom. The Bertz CT molecular complexity index is 1100. The van der Waals surface area contributed by atoms with Crippen LogP contribution in [0.1, 0.15) is 29.9 Å². The van der Waals surface area contributed by atoms with Gasteiger partial charge in [0.2, 0.25) is 0 Å². The van der Waals surface area contributed by atoms with Crippen LogP contribution < -0.4 is 19.7 Å². The first-order chi connectivity index (χ1) is 21.7. The van der Waals surface area contributed by atoms with E-state index in [9.17, 15) is 0 Å². The molecule has 3 aliphatic rings. The molecule has 3 aliphatic heterocycles. The molecule has 3 atom stereocenters. The average Bonchev–Trinajstić information content (AvgIpc) is 3.07. The maximum absolute atomic E-state index is 6.72. The van der Waals surface area contributed by atoms with E-state index in [0.717, 1.165) is 101 Å². The normalized spacial score (nSPS) is 22.4. The van der Waals surface area contributed by atoms with Gasteiger partial charge in [0.25, 0.3) is 0 Å². The van der Waals surface area contributed by atoms with Crippen LogP contribution in [0, 0.1) is 0 Å². The van der Waals surface area contributed by atoms with E-state index in [-0.39, 0.29) is 18.1 Å². The predicted octanol–water partition coefficient (Wildman–Crippen LogP) is 3.33. The van der Waals surface area contributed by atoms with E-state index in [2.05, 4.69) is 57.6 Å². The number of morpholine rings is 1. The molecular formula is C34H51N3O7. The zero-order valence-electron chi connectivity index (χ0n) is 26.5. The summed E-state index contributed by atoms with van der Waals surface area (Å²) < 4.78 is 41.1. The van der Waals surface area contributed by atoms with Crippen molar-refractivity contribution in [2.24, 2.45) is 0 Å². The van der Waals surface area contributed by atoms with Crippen molar-refractivity contribution >= 4 is 5.69 Å². The molecule has 1 unspecified atom stereocenters. The summed E-state index contributed by atoms with van der Waals surface area (Å²) in [5.74, 6) is 1.90. The number of benzene rings is 2. The van der Waals surface area contributed by atoms with E-state index >= 15 is 0 Å². The van der Waals surface area contributed by atoms with Crippen molar-refractivity contribution < 1.29 is 33.2 Å². The molecular weight excluding hydrogens is 562 g/mol. The minimum absolute atomic E-state index is 0.00327. The maximum Gasteiger partial charge on any atom is 0.142 e. The second-order valence-electron chi connectivity index (χ2n) is 11.6. The van der Waals surface area contributed by atoms with Gasteiger partial charge in [-0.2, -0.15) is 0 Å². The number of anilines is 1. The first kappa shape index (κ1) is 32.9. The first-order valence-electron chi connectivity index (χ1n) is 16.2. The van der Waals surface area contributed by atoms with Gasteiger partial charge in [-0.25, -0.2) is 0 Å². The highest BCUT2D eigenvalue weighted by atomic mass is 16.5. The summed E-state index contributed by atoms with van der Waals surface area (Å²) in [6, 6.07) is 14.9. The second kappa shape index (κ2) is 17.9. The number of nitrogens with one attached hydrogen (secondary N) is 1. The molecule has 2 fully saturated rings. The lowest BCUT2D eigenvalue weighted by Gasteiger charge is -2.39. The molecule has 0 radical (unpaired) electrons. The predicted molar refractivity (Wildman–Crippen MR) is 170 cm³/mol. The number of nitrogens with zero attached hydrogens (tertiary/aromatic N) is 2. The van der Waals surface area contributed by atoms with Gasteiger partial charge in [-0.05, 0) is 41.8 Å². The van der Waals surface area contributed by atoms with Crippen LogP contribution in [0.3, 0.4) is 0 Å². The average molecular weight is 614 g/mol. The third-order valence-electron chi connectivity index (χ3n) is 8.59. The minimum atomic E-state index is -0.0457. The molecule has 0 saturated carbocycles. The molecule has 2 saturated heterocycles. The highest BCUT2D eigenvalue weighted by molar-refractivity contribution is 5.61. The Morgan fingerprint density at radius 1 is 0.795 bits per heavy atom. The molecule has 10 heteroatoms. The molecule has 0 aromatic heterocycles. The smallest absolute Gasteiger partial charge is 0.142 e. The van der Waals surface area contributed by atoms with Crippen LogP contribution in [0.15, 0.2) is 42.5 Å². The molecule has 0 bridgehead atoms. The van der Waals surface area contributed by atoms with Crippen LogP contribution in [0.25, 0.3) is 0 Å². The highest BCUT2D eigenvalue weighted by Crippen LogP contribution is 2.35. The van der Waals surface area contributed by atoms with Gasteiger partial charge >= 0.3 is 0 Å². The molecule has 2 aromatic carbocycles. The molecule has 244 valence electrons. The summed E-state index contributed by atoms with van der Waals surface area (Å²) in [5, 5.41) is 3.59. The number of fused-ring (bicyclic) bond motifs is 1. The molecule has 3 heterocycles. The Kier molecular flexibility index (Phi) is 13.4. The van der Waals surface area contributed by atoms with E-state index < -0.39 is 0 Å². The number of piperidine rings is 1. The van der Waals surface area contributed by atoms with Crippen LogP contribution in [-0.4, -0.2) is 123 Å². The van der Waals surface area contributed by atoms with E-state index in [1.54, 1.807) is 14.2 Å². The van der Waals surface area contributed by atoms with Gasteiger partial charge in [0.05, 0.1) is 57.5 Å². The van der Waals surface area contributed by atoms with Gasteiger partial charge in [-0.15, -0.1) is 0 Å². The molecule has 10 nitrogen and oxygen atoms in total. The SMILES string of the molecule is COCCCOc1ccc(C2[C@@H](OCc3ccc4c(c3)N(CCCOC)CCO4)CNC[C@H]2OCCN2CCOCC2)cc1. The van der Waals surface area contributed by atoms with Crippen LogP contribution >= 0.6 is 0 Å². The Hall–Kier alpha value is -2.44. The van der Waals surface area contributed by atoms with E-state index in [1.165, 1.54) is 5.56 Å². The van der Waals surface area contributed by atoms with Crippen molar-refractivity contribution in [3.8, 4) is 11.5 Å². The topological polar surface area (TPSA) is 83.1 Å². The van der Waals surface area contributed by atoms with E-state index in [4.69, 9.17) is 33.2 Å². The van der Waals surface area contributed by atoms with Crippen molar-refractivity contribution in [3.05, 3.63) is 53.6 Å². The quantitative estimate of drug-likeness (QED) is 0.269. The molecule has 2 aromatic rings. The van der Waals surface area contributed by atoms with Gasteiger partial charge in [0, 0.05) is 79.0 Å². The molecule has 44 heavy (non-hydrogen) atoms. The Morgan fingerprint density at radius 3 is 2.36 bits per heavy atom. The van der Waals surface area contributed by atoms with Crippen molar-refractivity contribution in [1.29, 1.82) is 0 Å². The van der Waals surface area contributed by atoms with Gasteiger partial charge in [0.1, 0.15) is 18.1 Å². The van der Waals surface area contributed by atoms with Gasteiger partial charge in [0.15, 0.2) is 0 Å². The summed E-state index contributed by atoms with van der Waals surface area (Å²) in [7, 11) is 3.47. The van der Waals surface area contributed by atoms with E-state index in [0.29, 0.717) is 33.0 Å². The fraction of sp³-hybridized carbons (Fsp3) is 0.647. The zero-order chi connectivity index (χ0) is 30.4. The third-order valence-corrected chi connectivity index (χ3v) is 8.59. The lowest BCUT2D eigenvalue weighted by molar-refractivity contribution is -0.0662. The summed E-state index contributed by atoms with van der Waals surface area (Å²) in [5.41, 5.74) is 3.48. The summed E-state index contributed by atoms with van der Waals surface area (Å²) in [6.07, 6.45) is 1.80. The fourth-order valence-electron chi connectivity index (χ4n) is 6.20. The minimum Gasteiger partial charge on any atom is -0.494 e. The molecule has 0 amide bonds. The second-order valence-corrected chi connectivity index (χ2v) is 11.6. The first-order valence-corrected chi connectivity index (χ1v) is 16.2. The maximum atomic E-state index is 6.72. The van der Waals surface area contributed by atoms with Gasteiger partial charge in [-0.3, -0.25) is 4.90 Å². The summed E-state index contributed by atoms with van der Waals surface area (Å²) in [6.45, 7) is 11.8. The number of methoxy groups -OCH3 is 2. The van der Waals surface area contributed by atoms with Crippen molar-refractivity contribution in [2.45, 2.75) is 37.6 Å². The third kappa shape index (κ3) is 9.53. The number of hydrogen-bond donors (Lipinski definition) is 1. The highest BCUT2D eigenvalue weighted by Gasteiger charge is 2.36. The lowest BCUT2D eigenvalue weighted by atomic mass is 9.85. The monoisotopic (exact) mass is 613 g/mol. The lowest BCUT2D eigenvalue weighted by Crippen LogP contribution is -2.51. The Labute approximate surface area is 262 Å². The van der Waals surface area contributed by atoms with Crippen molar-refractivity contribution in [1.82, 2.24) is 10.2 Å². The Balaban J connectivity index is 1.26. The summed E-state index contributed by atoms with van der Waals surface area (Å²) in [4.78, 5) is 4.81. The van der Waals surface area contributed by atoms with Crippen LogP contribution in [-0.2, 0) is 30.3 Å². The molecule has 1 N–H and O–H groups in total. The number of hydrogen-bond acceptors (Lipinski definition) is 10. The van der Waals surface area contributed by atoms with Crippen LogP contribution in [0.4, 0.5) is 5.69 Å². The fourth-order valence-corrected chi connectivity index (χ4v) is 6.20. The van der Waals surface area contributed by atoms with Crippen LogP contribution in [0.5, 0.6) is 11.5 Å². The van der Waals surface area contributed by atoms with Gasteiger partial charge in [-0.1, -0.05) is 18.2 Å². The van der Waals surface area contributed by atoms with E-state index in [1.807, 2.05) is 0 Å². The number of rotatable bonds is 17. The van der Waals surface area contributed by atoms with Gasteiger partial charge < -0.3 is 43.4 Å². The van der Waals surface area contributed by atoms with Crippen LogP contribution in [0.2, 0.25) is 0 Å². The molecule has 0 aliphatic carbocycles. The molecule has 5 rings (SSSR count). The number of ether oxygens (including phenoxy) is 7. The van der Waals surface area contributed by atoms with Crippen molar-refractivity contribution in [2.75, 3.05) is 111 Å². The summed E-state index contributed by atoms with van der Waals surface area (Å²) >= 11 is 0.